The number of pyridine rings is 1. The van der Waals surface area contributed by atoms with Gasteiger partial charge in [-0.05, 0) is 36.6 Å². The number of amides is 1. The maximum Gasteiger partial charge on any atom is 0.252 e. The number of nitrogens with one attached hydrogen (secondary N) is 1. The summed E-state index contributed by atoms with van der Waals surface area (Å²) in [4.78, 5) is 17.8. The number of hydrogen-bond donors (Lipinski definition) is 1. The SMILES string of the molecule is Cn1ncc2c(C(=O)NCc3ccccc3-n3cccn3)cc(C3CC3)nc21. The molecule has 7 nitrogen and oxygen atoms in total. The first-order valence-electron chi connectivity index (χ1n) is 9.39. The minimum absolute atomic E-state index is 0.113. The first-order chi connectivity index (χ1) is 13.7. The topological polar surface area (TPSA) is 77.6 Å². The zero-order chi connectivity index (χ0) is 19.1. The van der Waals surface area contributed by atoms with Crippen LogP contribution in [0.25, 0.3) is 16.7 Å². The quantitative estimate of drug-likeness (QED) is 0.584. The molecule has 28 heavy (non-hydrogen) atoms. The second kappa shape index (κ2) is 6.60. The zero-order valence-corrected chi connectivity index (χ0v) is 15.5. The van der Waals surface area contributed by atoms with Gasteiger partial charge in [-0.15, -0.1) is 0 Å². The minimum Gasteiger partial charge on any atom is -0.348 e. The highest BCUT2D eigenvalue weighted by Crippen LogP contribution is 2.40. The van der Waals surface area contributed by atoms with Crippen molar-refractivity contribution in [2.24, 2.45) is 7.05 Å². The lowest BCUT2D eigenvalue weighted by Crippen LogP contribution is -2.24. The molecule has 5 rings (SSSR count). The highest BCUT2D eigenvalue weighted by atomic mass is 16.1. The highest BCUT2D eigenvalue weighted by Gasteiger charge is 2.27. The van der Waals surface area contributed by atoms with Gasteiger partial charge in [0.2, 0.25) is 0 Å². The van der Waals surface area contributed by atoms with Gasteiger partial charge in [0.25, 0.3) is 5.91 Å². The summed E-state index contributed by atoms with van der Waals surface area (Å²) in [5, 5.41) is 12.4. The van der Waals surface area contributed by atoms with Crippen LogP contribution in [0.1, 0.15) is 40.4 Å². The number of benzene rings is 1. The van der Waals surface area contributed by atoms with E-state index in [0.29, 0.717) is 18.0 Å². The molecule has 1 fully saturated rings. The molecule has 1 N–H and O–H groups in total. The van der Waals surface area contributed by atoms with E-state index in [1.54, 1.807) is 21.8 Å². The maximum atomic E-state index is 13.0. The van der Waals surface area contributed by atoms with E-state index in [2.05, 4.69) is 15.5 Å². The number of carbonyl (C=O) groups excluding carboxylic acids is 1. The van der Waals surface area contributed by atoms with Gasteiger partial charge in [-0.3, -0.25) is 9.48 Å². The molecule has 140 valence electrons. The third-order valence-electron chi connectivity index (χ3n) is 5.15. The Hall–Kier alpha value is -3.48. The number of carbonyl (C=O) groups is 1. The van der Waals surface area contributed by atoms with E-state index in [4.69, 9.17) is 4.98 Å². The Kier molecular flexibility index (Phi) is 3.93. The molecule has 1 amide bonds. The number of aromatic nitrogens is 5. The second-order valence-electron chi connectivity index (χ2n) is 7.14. The smallest absolute Gasteiger partial charge is 0.252 e. The Morgan fingerprint density at radius 3 is 2.86 bits per heavy atom. The van der Waals surface area contributed by atoms with E-state index in [0.717, 1.165) is 40.8 Å². The van der Waals surface area contributed by atoms with E-state index in [1.165, 1.54) is 0 Å². The Morgan fingerprint density at radius 1 is 1.21 bits per heavy atom. The third-order valence-corrected chi connectivity index (χ3v) is 5.15. The lowest BCUT2D eigenvalue weighted by atomic mass is 10.1. The molecule has 3 aromatic heterocycles. The number of rotatable bonds is 5. The van der Waals surface area contributed by atoms with Crippen LogP contribution in [0, 0.1) is 0 Å². The van der Waals surface area contributed by atoms with Crippen LogP contribution in [0.2, 0.25) is 0 Å². The number of hydrogen-bond acceptors (Lipinski definition) is 4. The average molecular weight is 372 g/mol. The largest absolute Gasteiger partial charge is 0.348 e. The fourth-order valence-corrected chi connectivity index (χ4v) is 3.48. The van der Waals surface area contributed by atoms with Crippen molar-refractivity contribution >= 4 is 16.9 Å². The molecule has 0 atom stereocenters. The predicted octanol–water partition coefficient (Wildman–Crippen LogP) is 2.96. The molecule has 1 aliphatic rings. The van der Waals surface area contributed by atoms with Crippen molar-refractivity contribution in [2.75, 3.05) is 0 Å². The van der Waals surface area contributed by atoms with E-state index in [-0.39, 0.29) is 5.91 Å². The van der Waals surface area contributed by atoms with E-state index in [1.807, 2.05) is 49.6 Å². The summed E-state index contributed by atoms with van der Waals surface area (Å²) in [7, 11) is 1.86. The molecule has 3 heterocycles. The predicted molar refractivity (Wildman–Crippen MR) is 105 cm³/mol. The van der Waals surface area contributed by atoms with Crippen LogP contribution in [0.15, 0.2) is 55.0 Å². The van der Waals surface area contributed by atoms with Crippen molar-refractivity contribution < 1.29 is 4.79 Å². The monoisotopic (exact) mass is 372 g/mol. The second-order valence-corrected chi connectivity index (χ2v) is 7.14. The molecule has 1 saturated carbocycles. The number of aryl methyl sites for hydroxylation is 1. The van der Waals surface area contributed by atoms with Crippen LogP contribution in [-0.4, -0.2) is 30.5 Å². The molecule has 0 spiro atoms. The Labute approximate surface area is 162 Å². The molecular weight excluding hydrogens is 352 g/mol. The van der Waals surface area contributed by atoms with Gasteiger partial charge in [-0.1, -0.05) is 18.2 Å². The van der Waals surface area contributed by atoms with Gasteiger partial charge < -0.3 is 5.32 Å². The minimum atomic E-state index is -0.113. The molecule has 4 aromatic rings. The number of fused-ring (bicyclic) bond motifs is 1. The van der Waals surface area contributed by atoms with Gasteiger partial charge in [0.05, 0.1) is 22.8 Å². The molecular formula is C21H20N6O. The summed E-state index contributed by atoms with van der Waals surface area (Å²) < 4.78 is 3.53. The van der Waals surface area contributed by atoms with Crippen molar-refractivity contribution in [3.63, 3.8) is 0 Å². The number of nitrogens with zero attached hydrogens (tertiary/aromatic N) is 5. The highest BCUT2D eigenvalue weighted by molar-refractivity contribution is 6.05. The fourth-order valence-electron chi connectivity index (χ4n) is 3.48. The van der Waals surface area contributed by atoms with Gasteiger partial charge in [0.1, 0.15) is 0 Å². The summed E-state index contributed by atoms with van der Waals surface area (Å²) in [6.45, 7) is 0.414. The van der Waals surface area contributed by atoms with Crippen LogP contribution in [0.5, 0.6) is 0 Å². The Balaban J connectivity index is 1.44. The van der Waals surface area contributed by atoms with Gasteiger partial charge in [-0.2, -0.15) is 10.2 Å². The van der Waals surface area contributed by atoms with Crippen LogP contribution in [-0.2, 0) is 13.6 Å². The van der Waals surface area contributed by atoms with Crippen molar-refractivity contribution in [2.45, 2.75) is 25.3 Å². The van der Waals surface area contributed by atoms with Crippen LogP contribution in [0.3, 0.4) is 0 Å². The Bertz CT molecular complexity index is 1160. The molecule has 0 aliphatic heterocycles. The van der Waals surface area contributed by atoms with Crippen LogP contribution >= 0.6 is 0 Å². The van der Waals surface area contributed by atoms with Crippen molar-refractivity contribution in [1.29, 1.82) is 0 Å². The van der Waals surface area contributed by atoms with Gasteiger partial charge in [0.15, 0.2) is 5.65 Å². The molecule has 0 saturated heterocycles. The summed E-state index contributed by atoms with van der Waals surface area (Å²) in [6.07, 6.45) is 7.62. The van der Waals surface area contributed by atoms with Crippen LogP contribution < -0.4 is 5.32 Å². The van der Waals surface area contributed by atoms with Crippen molar-refractivity contribution in [3.05, 3.63) is 71.8 Å². The normalized spacial score (nSPS) is 13.8. The number of para-hydroxylation sites is 1. The van der Waals surface area contributed by atoms with E-state index >= 15 is 0 Å². The average Bonchev–Trinajstić information content (AvgIpc) is 3.30. The molecule has 0 radical (unpaired) electrons. The first kappa shape index (κ1) is 16.7. The first-order valence-corrected chi connectivity index (χ1v) is 9.39. The van der Waals surface area contributed by atoms with Gasteiger partial charge in [-0.25, -0.2) is 9.67 Å². The summed E-state index contributed by atoms with van der Waals surface area (Å²) in [6, 6.07) is 11.7. The molecule has 7 heteroatoms. The lowest BCUT2D eigenvalue weighted by molar-refractivity contribution is 0.0952. The molecule has 0 unspecified atom stereocenters. The molecule has 0 bridgehead atoms. The lowest BCUT2D eigenvalue weighted by Gasteiger charge is -2.12. The summed E-state index contributed by atoms with van der Waals surface area (Å²) >= 11 is 0. The summed E-state index contributed by atoms with van der Waals surface area (Å²) in [5.41, 5.74) is 4.33. The summed E-state index contributed by atoms with van der Waals surface area (Å²) in [5.74, 6) is 0.351. The van der Waals surface area contributed by atoms with Crippen molar-refractivity contribution in [3.8, 4) is 5.69 Å². The van der Waals surface area contributed by atoms with Crippen LogP contribution in [0.4, 0.5) is 0 Å². The van der Waals surface area contributed by atoms with E-state index < -0.39 is 0 Å². The fraction of sp³-hybridized carbons (Fsp3) is 0.238. The van der Waals surface area contributed by atoms with Crippen molar-refractivity contribution in [1.82, 2.24) is 29.9 Å². The molecule has 1 aliphatic carbocycles. The standard InChI is InChI=1S/C21H20N6O/c1-26-20-17(13-24-26)16(11-18(25-20)14-7-8-14)21(28)22-12-15-5-2-3-6-19(15)27-10-4-9-23-27/h2-6,9-11,13-14H,7-8,12H2,1H3,(H,22,28). The Morgan fingerprint density at radius 2 is 2.07 bits per heavy atom. The van der Waals surface area contributed by atoms with Gasteiger partial charge in [0, 0.05) is 37.6 Å². The molecule has 1 aromatic carbocycles. The van der Waals surface area contributed by atoms with E-state index in [9.17, 15) is 4.79 Å². The maximum absolute atomic E-state index is 13.0. The van der Waals surface area contributed by atoms with Gasteiger partial charge >= 0.3 is 0 Å². The zero-order valence-electron chi connectivity index (χ0n) is 15.5. The third kappa shape index (κ3) is 2.94.